The lowest BCUT2D eigenvalue weighted by Crippen LogP contribution is -2.68. The van der Waals surface area contributed by atoms with Gasteiger partial charge in [0.25, 0.3) is 11.8 Å². The Morgan fingerprint density at radius 2 is 1.25 bits per heavy atom. The zero-order valence-corrected chi connectivity index (χ0v) is 33.0. The lowest BCUT2D eigenvalue weighted by Gasteiger charge is -2.50. The zero-order valence-electron chi connectivity index (χ0n) is 30.7. The summed E-state index contributed by atoms with van der Waals surface area (Å²) in [6.45, 7) is 1.89. The van der Waals surface area contributed by atoms with Gasteiger partial charge < -0.3 is 38.6 Å². The van der Waals surface area contributed by atoms with Crippen LogP contribution in [-0.2, 0) is 48.2 Å². The Morgan fingerprint density at radius 3 is 1.79 bits per heavy atom. The van der Waals surface area contributed by atoms with Crippen molar-refractivity contribution < 1.29 is 48.2 Å². The molecule has 14 heteroatoms. The third-order valence-corrected chi connectivity index (χ3v) is 11.9. The van der Waals surface area contributed by atoms with Crippen molar-refractivity contribution in [3.8, 4) is 0 Å². The number of ether oxygens (including phenoxy) is 6. The largest absolute Gasteiger partial charge is 0.394 e. The maximum atomic E-state index is 14.1. The fourth-order valence-corrected chi connectivity index (χ4v) is 8.57. The van der Waals surface area contributed by atoms with E-state index in [9.17, 15) is 19.8 Å². The van der Waals surface area contributed by atoms with Crippen LogP contribution >= 0.6 is 35.0 Å². The lowest BCUT2D eigenvalue weighted by molar-refractivity contribution is -0.344. The Balaban J connectivity index is 1.26. The highest BCUT2D eigenvalue weighted by Crippen LogP contribution is 2.42. The summed E-state index contributed by atoms with van der Waals surface area (Å²) < 4.78 is 39.5. The van der Waals surface area contributed by atoms with Crippen molar-refractivity contribution in [3.05, 3.63) is 141 Å². The van der Waals surface area contributed by atoms with Gasteiger partial charge in [0.15, 0.2) is 6.29 Å². The Hall–Kier alpha value is -3.37. The second-order valence-corrected chi connectivity index (χ2v) is 15.5. The van der Waals surface area contributed by atoms with Gasteiger partial charge in [0.1, 0.15) is 48.1 Å². The number of amides is 2. The molecule has 7 rings (SSSR count). The molecule has 0 bridgehead atoms. The van der Waals surface area contributed by atoms with Crippen molar-refractivity contribution in [1.82, 2.24) is 4.90 Å². The lowest BCUT2D eigenvalue weighted by atomic mass is 9.95. The molecule has 10 atom stereocenters. The van der Waals surface area contributed by atoms with E-state index in [1.165, 1.54) is 23.9 Å². The molecule has 11 nitrogen and oxygen atoms in total. The number of thioether (sulfide) groups is 1. The van der Waals surface area contributed by atoms with Crippen LogP contribution in [0, 0.1) is 0 Å². The van der Waals surface area contributed by atoms with Crippen LogP contribution in [0.1, 0.15) is 44.3 Å². The zero-order chi connectivity index (χ0) is 39.3. The Labute approximate surface area is 339 Å². The van der Waals surface area contributed by atoms with Crippen LogP contribution in [0.15, 0.2) is 103 Å². The first kappa shape index (κ1) is 40.8. The van der Waals surface area contributed by atoms with E-state index in [1.807, 2.05) is 97.9 Å². The highest BCUT2D eigenvalue weighted by atomic mass is 35.5. The van der Waals surface area contributed by atoms with Gasteiger partial charge in [-0.3, -0.25) is 14.5 Å². The fraction of sp³-hybridized carbons (Fsp3) is 0.381. The highest BCUT2D eigenvalue weighted by molar-refractivity contribution is 7.99. The molecule has 0 unspecified atom stereocenters. The average Bonchev–Trinajstić information content (AvgIpc) is 3.47. The van der Waals surface area contributed by atoms with Crippen molar-refractivity contribution in [3.63, 3.8) is 0 Å². The van der Waals surface area contributed by atoms with E-state index in [2.05, 4.69) is 0 Å². The monoisotopic (exact) mass is 823 g/mol. The molecule has 2 saturated heterocycles. The van der Waals surface area contributed by atoms with Gasteiger partial charge in [0.05, 0.1) is 53.7 Å². The van der Waals surface area contributed by atoms with E-state index >= 15 is 0 Å². The second-order valence-electron chi connectivity index (χ2n) is 13.8. The summed E-state index contributed by atoms with van der Waals surface area (Å²) >= 11 is 14.0. The van der Waals surface area contributed by atoms with Gasteiger partial charge in [-0.25, -0.2) is 0 Å². The Kier molecular flexibility index (Phi) is 13.5. The average molecular weight is 825 g/mol. The number of imide groups is 1. The normalized spacial score (nSPS) is 29.1. The van der Waals surface area contributed by atoms with Gasteiger partial charge in [0.2, 0.25) is 0 Å². The van der Waals surface area contributed by atoms with E-state index in [0.717, 1.165) is 21.6 Å². The Morgan fingerprint density at radius 1 is 0.714 bits per heavy atom. The van der Waals surface area contributed by atoms with Gasteiger partial charge in [-0.2, -0.15) is 0 Å². The van der Waals surface area contributed by atoms with E-state index in [4.69, 9.17) is 51.6 Å². The van der Waals surface area contributed by atoms with Crippen LogP contribution in [-0.4, -0.2) is 100 Å². The maximum Gasteiger partial charge on any atom is 0.263 e. The minimum Gasteiger partial charge on any atom is -0.394 e. The van der Waals surface area contributed by atoms with Crippen LogP contribution in [0.2, 0.25) is 10.0 Å². The Bertz CT molecular complexity index is 1950. The van der Waals surface area contributed by atoms with Crippen LogP contribution < -0.4 is 0 Å². The number of hydrogen-bond donors (Lipinski definition) is 2. The smallest absolute Gasteiger partial charge is 0.263 e. The van der Waals surface area contributed by atoms with E-state index in [1.54, 1.807) is 6.26 Å². The molecular weight excluding hydrogens is 781 g/mol. The predicted molar refractivity (Wildman–Crippen MR) is 210 cm³/mol. The van der Waals surface area contributed by atoms with Gasteiger partial charge in [-0.15, -0.1) is 11.8 Å². The molecule has 0 radical (unpaired) electrons. The van der Waals surface area contributed by atoms with Crippen LogP contribution in [0.25, 0.3) is 0 Å². The molecule has 3 aliphatic heterocycles. The number of benzene rings is 4. The molecule has 3 aliphatic rings. The van der Waals surface area contributed by atoms with Crippen LogP contribution in [0.5, 0.6) is 0 Å². The topological polar surface area (TPSA) is 133 Å². The number of aliphatic hydroxyl groups excluding tert-OH is 2. The molecule has 296 valence electrons. The minimum absolute atomic E-state index is 0.0547. The van der Waals surface area contributed by atoms with Gasteiger partial charge in [0, 0.05) is 0 Å². The minimum atomic E-state index is -1.53. The summed E-state index contributed by atoms with van der Waals surface area (Å²) in [5, 5.41) is 22.3. The van der Waals surface area contributed by atoms with Crippen molar-refractivity contribution >= 4 is 46.8 Å². The number of carbonyl (C=O) groups is 2. The molecule has 0 saturated carbocycles. The number of aliphatic hydroxyl groups is 2. The van der Waals surface area contributed by atoms with Crippen molar-refractivity contribution in [1.29, 1.82) is 0 Å². The quantitative estimate of drug-likeness (QED) is 0.139. The number of nitrogens with zero attached hydrogens (tertiary/aromatic N) is 1. The molecule has 2 N–H and O–H groups in total. The van der Waals surface area contributed by atoms with E-state index in [-0.39, 0.29) is 41.0 Å². The molecule has 3 heterocycles. The number of rotatable bonds is 14. The molecule has 2 fully saturated rings. The molecule has 2 amide bonds. The second kappa shape index (κ2) is 18.5. The molecule has 4 aromatic carbocycles. The van der Waals surface area contributed by atoms with E-state index in [0.29, 0.717) is 0 Å². The molecule has 4 aromatic rings. The van der Waals surface area contributed by atoms with Crippen molar-refractivity contribution in [2.45, 2.75) is 87.2 Å². The van der Waals surface area contributed by atoms with Gasteiger partial charge in [-0.05, 0) is 42.0 Å². The van der Waals surface area contributed by atoms with Crippen LogP contribution in [0.3, 0.4) is 0 Å². The first-order valence-corrected chi connectivity index (χ1v) is 20.3. The summed E-state index contributed by atoms with van der Waals surface area (Å²) in [5.74, 6) is -1.38. The highest BCUT2D eigenvalue weighted by Gasteiger charge is 2.57. The van der Waals surface area contributed by atoms with Crippen molar-refractivity contribution in [2.24, 2.45) is 0 Å². The third kappa shape index (κ3) is 8.57. The molecule has 0 spiro atoms. The number of hydrogen-bond acceptors (Lipinski definition) is 11. The summed E-state index contributed by atoms with van der Waals surface area (Å²) in [6.07, 6.45) is -6.54. The van der Waals surface area contributed by atoms with E-state index < -0.39 is 78.9 Å². The first-order chi connectivity index (χ1) is 27.2. The molecule has 0 aliphatic carbocycles. The number of carbonyl (C=O) groups excluding carboxylic acids is 2. The standard InChI is InChI=1S/C42H43Cl2NO10S/c1-24-35(50-21-25-12-6-3-7-13-25)37(51-22-26-14-8-4-9-15-26)38(52-23-27-16-10-5-11-17-27)41(53-24)55-36-33(42(56-2)54-30(20-46)34(36)47)45-39(48)28-18-19-29(43)32(44)31(28)40(45)49/h3-19,24,30,33-38,41-42,46-47H,20-23H2,1-2H3/t24-,30+,33+,34+,35+,36+,37+,38-,41-,42-/m0/s1. The number of fused-ring (bicyclic) bond motifs is 1. The molecular formula is C42H43Cl2NO10S. The summed E-state index contributed by atoms with van der Waals surface area (Å²) in [5.41, 5.74) is 1.82. The van der Waals surface area contributed by atoms with Gasteiger partial charge >= 0.3 is 0 Å². The predicted octanol–water partition coefficient (Wildman–Crippen LogP) is 6.29. The number of halogens is 2. The summed E-state index contributed by atoms with van der Waals surface area (Å²) in [6, 6.07) is 30.7. The maximum absolute atomic E-state index is 14.1. The van der Waals surface area contributed by atoms with Gasteiger partial charge in [-0.1, -0.05) is 114 Å². The summed E-state index contributed by atoms with van der Waals surface area (Å²) in [7, 11) is 0. The van der Waals surface area contributed by atoms with Crippen molar-refractivity contribution in [2.75, 3.05) is 12.9 Å². The molecule has 56 heavy (non-hydrogen) atoms. The van der Waals surface area contributed by atoms with Crippen LogP contribution in [0.4, 0.5) is 0 Å². The third-order valence-electron chi connectivity index (χ3n) is 10.2. The fourth-order valence-electron chi connectivity index (χ4n) is 7.36. The SMILES string of the molecule is CS[C@@H]1O[C@H](CO)[C@@H](O)[C@H](O[C@@H]2O[C@@H](C)[C@@H](OCc3ccccc3)[C@@H](OCc3ccccc3)[C@@H]2OCc2ccccc2)[C@H]1N1C(=O)c2ccc(Cl)c(Cl)c2C1=O. The molecule has 0 aromatic heterocycles. The first-order valence-electron chi connectivity index (χ1n) is 18.3. The summed E-state index contributed by atoms with van der Waals surface area (Å²) in [4.78, 5) is 29.2.